The van der Waals surface area contributed by atoms with Gasteiger partial charge in [0.25, 0.3) is 0 Å². The van der Waals surface area contributed by atoms with E-state index in [2.05, 4.69) is 14.6 Å². The van der Waals surface area contributed by atoms with Gasteiger partial charge in [-0.15, -0.1) is 11.3 Å². The third-order valence-electron chi connectivity index (χ3n) is 4.16. The van der Waals surface area contributed by atoms with Crippen LogP contribution in [0.25, 0.3) is 0 Å². The number of benzene rings is 1. The molecule has 0 radical (unpaired) electrons. The van der Waals surface area contributed by atoms with Gasteiger partial charge in [0.1, 0.15) is 5.01 Å². The van der Waals surface area contributed by atoms with Gasteiger partial charge in [0.05, 0.1) is 30.3 Å². The highest BCUT2D eigenvalue weighted by atomic mass is 32.2. The monoisotopic (exact) mass is 397 g/mol. The first-order chi connectivity index (χ1) is 12.6. The fraction of sp³-hybridized carbons (Fsp3) is 0.438. The molecule has 4 rings (SSSR count). The van der Waals surface area contributed by atoms with Crippen molar-refractivity contribution in [3.8, 4) is 11.5 Å². The molecule has 0 spiro atoms. The van der Waals surface area contributed by atoms with Crippen molar-refractivity contribution in [3.05, 3.63) is 34.3 Å². The van der Waals surface area contributed by atoms with Gasteiger partial charge < -0.3 is 14.2 Å². The van der Waals surface area contributed by atoms with Crippen LogP contribution in [0, 0.1) is 0 Å². The van der Waals surface area contributed by atoms with E-state index in [9.17, 15) is 8.42 Å². The predicted molar refractivity (Wildman–Crippen MR) is 94.8 cm³/mol. The number of hydrogen-bond donors (Lipinski definition) is 1. The zero-order chi connectivity index (χ0) is 18.0. The van der Waals surface area contributed by atoms with Crippen molar-refractivity contribution in [1.29, 1.82) is 0 Å². The van der Waals surface area contributed by atoms with Gasteiger partial charge in [0, 0.05) is 31.1 Å². The third kappa shape index (κ3) is 3.99. The molecule has 0 aliphatic carbocycles. The summed E-state index contributed by atoms with van der Waals surface area (Å²) < 4.78 is 43.3. The summed E-state index contributed by atoms with van der Waals surface area (Å²) in [6, 6.07) is 4.57. The number of nitrogens with one attached hydrogen (secondary N) is 1. The lowest BCUT2D eigenvalue weighted by molar-refractivity contribution is 0.0337. The van der Waals surface area contributed by atoms with Gasteiger partial charge in [-0.2, -0.15) is 0 Å². The number of nitrogens with zero attached hydrogens (tertiary/aromatic N) is 2. The highest BCUT2D eigenvalue weighted by Crippen LogP contribution is 2.33. The Hall–Kier alpha value is -1.72. The van der Waals surface area contributed by atoms with Gasteiger partial charge in [0.15, 0.2) is 11.5 Å². The van der Waals surface area contributed by atoms with Crippen molar-refractivity contribution in [2.24, 2.45) is 0 Å². The lowest BCUT2D eigenvalue weighted by Crippen LogP contribution is -2.35. The quantitative estimate of drug-likeness (QED) is 0.783. The zero-order valence-electron chi connectivity index (χ0n) is 14.0. The number of morpholine rings is 1. The molecule has 0 atom stereocenters. The molecule has 3 heterocycles. The van der Waals surface area contributed by atoms with Gasteiger partial charge in [-0.25, -0.2) is 18.1 Å². The molecular formula is C16H19N3O5S2. The van der Waals surface area contributed by atoms with E-state index in [1.165, 1.54) is 23.5 Å². The van der Waals surface area contributed by atoms with Crippen LogP contribution in [-0.2, 0) is 27.8 Å². The molecule has 8 nitrogen and oxygen atoms in total. The summed E-state index contributed by atoms with van der Waals surface area (Å²) in [7, 11) is -3.64. The van der Waals surface area contributed by atoms with E-state index in [-0.39, 0.29) is 18.2 Å². The summed E-state index contributed by atoms with van der Waals surface area (Å²) in [6.45, 7) is 4.29. The molecule has 140 valence electrons. The molecule has 0 unspecified atom stereocenters. The van der Waals surface area contributed by atoms with E-state index >= 15 is 0 Å². The Balaban J connectivity index is 1.37. The molecule has 1 fully saturated rings. The van der Waals surface area contributed by atoms with Crippen molar-refractivity contribution in [3.63, 3.8) is 0 Å². The van der Waals surface area contributed by atoms with Gasteiger partial charge in [-0.3, -0.25) is 4.90 Å². The SMILES string of the molecule is O=S(=O)(NCc1nc(CN2CCOCC2)cs1)c1ccc2c(c1)OCO2. The average molecular weight is 397 g/mol. The van der Waals surface area contributed by atoms with Crippen LogP contribution in [0.5, 0.6) is 11.5 Å². The number of sulfonamides is 1. The summed E-state index contributed by atoms with van der Waals surface area (Å²) in [5, 5.41) is 2.71. The molecule has 0 bridgehead atoms. The van der Waals surface area contributed by atoms with Crippen molar-refractivity contribution in [1.82, 2.24) is 14.6 Å². The molecule has 1 aromatic heterocycles. The first-order valence-electron chi connectivity index (χ1n) is 8.23. The summed E-state index contributed by atoms with van der Waals surface area (Å²) >= 11 is 1.45. The number of rotatable bonds is 6. The van der Waals surface area contributed by atoms with E-state index in [0.717, 1.165) is 43.5 Å². The molecule has 2 aliphatic rings. The molecular weight excluding hydrogens is 378 g/mol. The molecule has 1 saturated heterocycles. The Morgan fingerprint density at radius 2 is 2.00 bits per heavy atom. The second-order valence-electron chi connectivity index (χ2n) is 5.96. The Morgan fingerprint density at radius 1 is 1.19 bits per heavy atom. The highest BCUT2D eigenvalue weighted by molar-refractivity contribution is 7.89. The first kappa shape index (κ1) is 17.7. The maximum atomic E-state index is 12.5. The normalized spacial score (nSPS) is 17.5. The summed E-state index contributed by atoms with van der Waals surface area (Å²) in [6.07, 6.45) is 0. The van der Waals surface area contributed by atoms with Gasteiger partial charge in [0.2, 0.25) is 16.8 Å². The number of thiazole rings is 1. The lowest BCUT2D eigenvalue weighted by Gasteiger charge is -2.25. The molecule has 1 aromatic carbocycles. The minimum absolute atomic E-state index is 0.108. The number of hydrogen-bond acceptors (Lipinski definition) is 8. The standard InChI is InChI=1S/C16H19N3O5S2/c20-26(21,13-1-2-14-15(7-13)24-11-23-14)17-8-16-18-12(10-25-16)9-19-3-5-22-6-4-19/h1-2,7,10,17H,3-6,8-9,11H2. The predicted octanol–water partition coefficient (Wildman–Crippen LogP) is 1.18. The van der Waals surface area contributed by atoms with Crippen LogP contribution in [0.3, 0.4) is 0 Å². The zero-order valence-corrected chi connectivity index (χ0v) is 15.6. The fourth-order valence-corrected chi connectivity index (χ4v) is 4.59. The Kier molecular flexibility index (Phi) is 5.09. The van der Waals surface area contributed by atoms with E-state index in [0.29, 0.717) is 11.5 Å². The largest absolute Gasteiger partial charge is 0.454 e. The van der Waals surface area contributed by atoms with Crippen molar-refractivity contribution in [2.45, 2.75) is 18.0 Å². The van der Waals surface area contributed by atoms with E-state index in [1.807, 2.05) is 5.38 Å². The van der Waals surface area contributed by atoms with E-state index < -0.39 is 10.0 Å². The minimum atomic E-state index is -3.64. The molecule has 1 N–H and O–H groups in total. The molecule has 2 aliphatic heterocycles. The van der Waals surface area contributed by atoms with Crippen LogP contribution >= 0.6 is 11.3 Å². The van der Waals surface area contributed by atoms with Crippen LogP contribution in [0.2, 0.25) is 0 Å². The maximum absolute atomic E-state index is 12.5. The second-order valence-corrected chi connectivity index (χ2v) is 8.67. The topological polar surface area (TPSA) is 90.0 Å². The fourth-order valence-electron chi connectivity index (χ4n) is 2.78. The van der Waals surface area contributed by atoms with Crippen molar-refractivity contribution < 1.29 is 22.6 Å². The second kappa shape index (κ2) is 7.49. The molecule has 26 heavy (non-hydrogen) atoms. The summed E-state index contributed by atoms with van der Waals surface area (Å²) in [5.74, 6) is 0.992. The van der Waals surface area contributed by atoms with E-state index in [1.54, 1.807) is 6.07 Å². The van der Waals surface area contributed by atoms with Gasteiger partial charge in [-0.1, -0.05) is 0 Å². The summed E-state index contributed by atoms with van der Waals surface area (Å²) in [5.41, 5.74) is 0.953. The van der Waals surface area contributed by atoms with Crippen LogP contribution in [0.1, 0.15) is 10.7 Å². The van der Waals surface area contributed by atoms with Crippen LogP contribution in [0.4, 0.5) is 0 Å². The number of fused-ring (bicyclic) bond motifs is 1. The van der Waals surface area contributed by atoms with Gasteiger partial charge >= 0.3 is 0 Å². The number of aromatic nitrogens is 1. The molecule has 0 amide bonds. The molecule has 2 aromatic rings. The molecule has 0 saturated carbocycles. The van der Waals surface area contributed by atoms with Crippen molar-refractivity contribution >= 4 is 21.4 Å². The Bertz CT molecular complexity index is 878. The smallest absolute Gasteiger partial charge is 0.241 e. The lowest BCUT2D eigenvalue weighted by atomic mass is 10.3. The Morgan fingerprint density at radius 3 is 2.85 bits per heavy atom. The molecule has 10 heteroatoms. The van der Waals surface area contributed by atoms with Gasteiger partial charge in [-0.05, 0) is 12.1 Å². The van der Waals surface area contributed by atoms with E-state index in [4.69, 9.17) is 14.2 Å². The summed E-state index contributed by atoms with van der Waals surface area (Å²) in [4.78, 5) is 6.95. The first-order valence-corrected chi connectivity index (χ1v) is 10.6. The van der Waals surface area contributed by atoms with Crippen LogP contribution in [0.15, 0.2) is 28.5 Å². The number of ether oxygens (including phenoxy) is 3. The third-order valence-corrected chi connectivity index (χ3v) is 6.45. The Labute approximate surface area is 155 Å². The van der Waals surface area contributed by atoms with Crippen molar-refractivity contribution in [2.75, 3.05) is 33.1 Å². The maximum Gasteiger partial charge on any atom is 0.241 e. The average Bonchev–Trinajstić information content (AvgIpc) is 3.29. The van der Waals surface area contributed by atoms with Crippen LogP contribution < -0.4 is 14.2 Å². The highest BCUT2D eigenvalue weighted by Gasteiger charge is 2.20. The van der Waals surface area contributed by atoms with Crippen LogP contribution in [-0.4, -0.2) is 51.4 Å². The minimum Gasteiger partial charge on any atom is -0.454 e.